The van der Waals surface area contributed by atoms with Crippen LogP contribution < -0.4 is 11.3 Å². The van der Waals surface area contributed by atoms with Crippen LogP contribution in [-0.4, -0.2) is 9.66 Å². The van der Waals surface area contributed by atoms with Crippen molar-refractivity contribution in [1.82, 2.24) is 9.66 Å². The number of nitrogens with two attached hydrogens (primary N) is 1. The molecule has 0 aliphatic rings. The van der Waals surface area contributed by atoms with Gasteiger partial charge in [-0.3, -0.25) is 14.5 Å². The van der Waals surface area contributed by atoms with E-state index < -0.39 is 11.7 Å². The minimum Gasteiger partial charge on any atom is -0.339 e. The Morgan fingerprint density at radius 3 is 2.14 bits per heavy atom. The molecule has 3 aromatic rings. The molecule has 2 heterocycles. The number of pyridine rings is 2. The van der Waals surface area contributed by atoms with Crippen LogP contribution in [0.15, 0.2) is 47.4 Å². The molecule has 0 bridgehead atoms. The van der Waals surface area contributed by atoms with E-state index in [1.54, 1.807) is 26.1 Å². The Morgan fingerprint density at radius 1 is 1.00 bits per heavy atom. The van der Waals surface area contributed by atoms with Crippen LogP contribution in [0.1, 0.15) is 28.1 Å². The molecule has 0 atom stereocenters. The molecule has 8 heteroatoms. The van der Waals surface area contributed by atoms with Gasteiger partial charge < -0.3 is 5.84 Å². The van der Waals surface area contributed by atoms with Gasteiger partial charge in [-0.15, -0.1) is 0 Å². The van der Waals surface area contributed by atoms with E-state index in [0.29, 0.717) is 35.5 Å². The number of benzene rings is 1. The number of alkyl halides is 3. The van der Waals surface area contributed by atoms with Crippen molar-refractivity contribution < 1.29 is 13.2 Å². The van der Waals surface area contributed by atoms with E-state index in [0.717, 1.165) is 23.3 Å². The molecule has 3 rings (SSSR count). The first kappa shape index (κ1) is 20.9. The third-order valence-corrected chi connectivity index (χ3v) is 5.34. The topological polar surface area (TPSA) is 60.9 Å². The van der Waals surface area contributed by atoms with Gasteiger partial charge in [0.05, 0.1) is 22.5 Å². The normalized spacial score (nSPS) is 11.7. The smallest absolute Gasteiger partial charge is 0.339 e. The molecular weight excluding hydrogens is 403 g/mol. The summed E-state index contributed by atoms with van der Waals surface area (Å²) in [6.07, 6.45) is -1.51. The molecule has 2 aromatic heterocycles. The molecule has 2 N–H and O–H groups in total. The summed E-state index contributed by atoms with van der Waals surface area (Å²) in [5, 5.41) is 0.0567. The molecule has 0 aliphatic carbocycles. The van der Waals surface area contributed by atoms with Gasteiger partial charge in [0, 0.05) is 11.9 Å². The largest absolute Gasteiger partial charge is 0.416 e. The first-order valence-corrected chi connectivity index (χ1v) is 9.25. The highest BCUT2D eigenvalue weighted by molar-refractivity contribution is 6.31. The summed E-state index contributed by atoms with van der Waals surface area (Å²) >= 11 is 6.09. The third kappa shape index (κ3) is 4.29. The molecular formula is C21H19ClF3N3O. The van der Waals surface area contributed by atoms with Crippen molar-refractivity contribution in [2.24, 2.45) is 0 Å². The maximum atomic E-state index is 12.6. The molecule has 0 unspecified atom stereocenters. The highest BCUT2D eigenvalue weighted by Gasteiger charge is 2.29. The van der Waals surface area contributed by atoms with Crippen LogP contribution in [0.2, 0.25) is 5.02 Å². The lowest BCUT2D eigenvalue weighted by Gasteiger charge is -2.14. The summed E-state index contributed by atoms with van der Waals surface area (Å²) in [7, 11) is 0. The second-order valence-corrected chi connectivity index (χ2v) is 7.18. The fourth-order valence-electron chi connectivity index (χ4n) is 3.09. The van der Waals surface area contributed by atoms with Gasteiger partial charge in [-0.2, -0.15) is 13.2 Å². The lowest BCUT2D eigenvalue weighted by Crippen LogP contribution is -2.24. The zero-order chi connectivity index (χ0) is 21.3. The van der Waals surface area contributed by atoms with Gasteiger partial charge >= 0.3 is 6.18 Å². The predicted octanol–water partition coefficient (Wildman–Crippen LogP) is 4.70. The standard InChI is InChI=1S/C21H19ClF3N3O/c1-12-18(20(29)19(22)13(2)28(12)26)17-10-7-15(11-27-17)4-3-14-5-8-16(9-6-14)21(23,24)25/h5-11H,3-4,26H2,1-2H3. The van der Waals surface area contributed by atoms with Crippen LogP contribution in [0.5, 0.6) is 0 Å². The molecule has 29 heavy (non-hydrogen) atoms. The van der Waals surface area contributed by atoms with Crippen LogP contribution in [0, 0.1) is 13.8 Å². The van der Waals surface area contributed by atoms with E-state index in [4.69, 9.17) is 17.4 Å². The van der Waals surface area contributed by atoms with E-state index in [9.17, 15) is 18.0 Å². The molecule has 0 saturated carbocycles. The Bertz CT molecular complexity index is 1090. The van der Waals surface area contributed by atoms with Gasteiger partial charge in [0.2, 0.25) is 5.43 Å². The Hall–Kier alpha value is -2.80. The molecule has 152 valence electrons. The number of hydrogen-bond donors (Lipinski definition) is 1. The average Bonchev–Trinajstić information content (AvgIpc) is 2.70. The summed E-state index contributed by atoms with van der Waals surface area (Å²) < 4.78 is 39.2. The van der Waals surface area contributed by atoms with Crippen molar-refractivity contribution in [1.29, 1.82) is 0 Å². The van der Waals surface area contributed by atoms with E-state index >= 15 is 0 Å². The fourth-order valence-corrected chi connectivity index (χ4v) is 3.27. The maximum Gasteiger partial charge on any atom is 0.416 e. The van der Waals surface area contributed by atoms with Gasteiger partial charge in [0.25, 0.3) is 0 Å². The van der Waals surface area contributed by atoms with Crippen molar-refractivity contribution in [3.63, 3.8) is 0 Å². The van der Waals surface area contributed by atoms with Crippen molar-refractivity contribution in [3.8, 4) is 11.3 Å². The number of aromatic nitrogens is 2. The van der Waals surface area contributed by atoms with Gasteiger partial charge in [-0.1, -0.05) is 29.8 Å². The van der Waals surface area contributed by atoms with E-state index in [1.807, 2.05) is 6.07 Å². The van der Waals surface area contributed by atoms with Crippen LogP contribution in [0.4, 0.5) is 13.2 Å². The van der Waals surface area contributed by atoms with Gasteiger partial charge in [-0.25, -0.2) is 0 Å². The molecule has 0 radical (unpaired) electrons. The highest BCUT2D eigenvalue weighted by atomic mass is 35.5. The number of hydrogen-bond acceptors (Lipinski definition) is 3. The van der Waals surface area contributed by atoms with Crippen molar-refractivity contribution in [2.75, 3.05) is 5.84 Å². The van der Waals surface area contributed by atoms with Gasteiger partial charge in [0.1, 0.15) is 5.02 Å². The van der Waals surface area contributed by atoms with Gasteiger partial charge in [-0.05, 0) is 56.0 Å². The first-order valence-electron chi connectivity index (χ1n) is 8.88. The van der Waals surface area contributed by atoms with Crippen molar-refractivity contribution >= 4 is 11.6 Å². The number of rotatable bonds is 4. The summed E-state index contributed by atoms with van der Waals surface area (Å²) in [5.41, 5.74) is 2.56. The Kier molecular flexibility index (Phi) is 5.71. The first-order chi connectivity index (χ1) is 13.6. The third-order valence-electron chi connectivity index (χ3n) is 4.89. The number of nitrogen functional groups attached to an aromatic ring is 1. The van der Waals surface area contributed by atoms with Crippen LogP contribution >= 0.6 is 11.6 Å². The monoisotopic (exact) mass is 421 g/mol. The van der Waals surface area contributed by atoms with Crippen LogP contribution in [0.3, 0.4) is 0 Å². The van der Waals surface area contributed by atoms with E-state index in [1.165, 1.54) is 16.8 Å². The van der Waals surface area contributed by atoms with E-state index in [-0.39, 0.29) is 10.5 Å². The molecule has 1 aromatic carbocycles. The summed E-state index contributed by atoms with van der Waals surface area (Å²) in [6.45, 7) is 3.39. The highest BCUT2D eigenvalue weighted by Crippen LogP contribution is 2.29. The van der Waals surface area contributed by atoms with Crippen molar-refractivity contribution in [3.05, 3.63) is 85.9 Å². The summed E-state index contributed by atoms with van der Waals surface area (Å²) in [5.74, 6) is 5.96. The molecule has 0 spiro atoms. The van der Waals surface area contributed by atoms with Crippen LogP contribution in [-0.2, 0) is 19.0 Å². The van der Waals surface area contributed by atoms with Crippen molar-refractivity contribution in [2.45, 2.75) is 32.9 Å². The SMILES string of the molecule is Cc1c(Cl)c(=O)c(-c2ccc(CCc3ccc(C(F)(F)F)cc3)cn2)c(C)n1N. The second-order valence-electron chi connectivity index (χ2n) is 6.81. The predicted molar refractivity (Wildman–Crippen MR) is 107 cm³/mol. The maximum absolute atomic E-state index is 12.6. The minimum absolute atomic E-state index is 0.0567. The molecule has 0 saturated heterocycles. The Balaban J connectivity index is 1.77. The number of nitrogens with zero attached hydrogens (tertiary/aromatic N) is 2. The lowest BCUT2D eigenvalue weighted by atomic mass is 10.0. The quantitative estimate of drug-likeness (QED) is 0.621. The number of aryl methyl sites for hydroxylation is 2. The molecule has 0 amide bonds. The Labute approximate surface area is 170 Å². The zero-order valence-corrected chi connectivity index (χ0v) is 16.6. The fraction of sp³-hybridized carbons (Fsp3) is 0.238. The summed E-state index contributed by atoms with van der Waals surface area (Å²) in [6, 6.07) is 8.67. The average molecular weight is 422 g/mol. The van der Waals surface area contributed by atoms with Gasteiger partial charge in [0.15, 0.2) is 0 Å². The second kappa shape index (κ2) is 7.91. The zero-order valence-electron chi connectivity index (χ0n) is 15.8. The summed E-state index contributed by atoms with van der Waals surface area (Å²) in [4.78, 5) is 16.9. The van der Waals surface area contributed by atoms with Crippen LogP contribution in [0.25, 0.3) is 11.3 Å². The minimum atomic E-state index is -4.34. The molecule has 0 aliphatic heterocycles. The lowest BCUT2D eigenvalue weighted by molar-refractivity contribution is -0.137. The molecule has 4 nitrogen and oxygen atoms in total. The number of halogens is 4. The molecule has 0 fully saturated rings. The van der Waals surface area contributed by atoms with E-state index in [2.05, 4.69) is 4.98 Å². The Morgan fingerprint density at radius 2 is 1.59 bits per heavy atom.